The van der Waals surface area contributed by atoms with Crippen LogP contribution in [0.1, 0.15) is 20.8 Å². The Bertz CT molecular complexity index is 196. The first-order valence-corrected chi connectivity index (χ1v) is 3.81. The molecule has 3 heteroatoms. The molecule has 0 bridgehead atoms. The predicted octanol–water partition coefficient (Wildman–Crippen LogP) is 1.87. The van der Waals surface area contributed by atoms with Crippen molar-refractivity contribution in [3.63, 3.8) is 0 Å². The average molecular weight is 153 g/mol. The molecule has 0 aromatic carbocycles. The lowest BCUT2D eigenvalue weighted by Crippen LogP contribution is -2.19. The first-order chi connectivity index (χ1) is 5.08. The lowest BCUT2D eigenvalue weighted by molar-refractivity contribution is 0.442. The quantitative estimate of drug-likeness (QED) is 0.681. The van der Waals surface area contributed by atoms with Crippen LogP contribution in [0.4, 0.5) is 5.82 Å². The standard InChI is InChI=1S/C8H15N3/c1-8(2,3)6-9-7-4-5-10-11-7/h4-5H,6H2,1-3H3,(H2,9,10,11). The van der Waals surface area contributed by atoms with Gasteiger partial charge in [-0.1, -0.05) is 20.8 Å². The monoisotopic (exact) mass is 153 g/mol. The van der Waals surface area contributed by atoms with E-state index in [1.807, 2.05) is 6.07 Å². The Kier molecular flexibility index (Phi) is 2.17. The maximum atomic E-state index is 3.84. The van der Waals surface area contributed by atoms with Crippen LogP contribution >= 0.6 is 0 Å². The fourth-order valence-electron chi connectivity index (χ4n) is 0.715. The normalized spacial score (nSPS) is 11.5. The zero-order chi connectivity index (χ0) is 8.32. The predicted molar refractivity (Wildman–Crippen MR) is 46.5 cm³/mol. The van der Waals surface area contributed by atoms with Crippen molar-refractivity contribution < 1.29 is 0 Å². The molecule has 0 aliphatic rings. The Morgan fingerprint density at radius 1 is 1.55 bits per heavy atom. The summed E-state index contributed by atoms with van der Waals surface area (Å²) in [4.78, 5) is 0. The molecule has 1 rings (SSSR count). The molecule has 0 aliphatic heterocycles. The molecule has 0 aliphatic carbocycles. The molecule has 0 radical (unpaired) electrons. The second-order valence-corrected chi connectivity index (χ2v) is 3.88. The second-order valence-electron chi connectivity index (χ2n) is 3.88. The number of rotatable bonds is 2. The van der Waals surface area contributed by atoms with Crippen LogP contribution in [0.2, 0.25) is 0 Å². The molecule has 62 valence electrons. The lowest BCUT2D eigenvalue weighted by Gasteiger charge is -2.18. The highest BCUT2D eigenvalue weighted by molar-refractivity contribution is 5.31. The summed E-state index contributed by atoms with van der Waals surface area (Å²) in [5, 5.41) is 9.93. The molecule has 11 heavy (non-hydrogen) atoms. The van der Waals surface area contributed by atoms with Crippen LogP contribution < -0.4 is 5.32 Å². The minimum atomic E-state index is 0.311. The molecule has 0 fully saturated rings. The van der Waals surface area contributed by atoms with Gasteiger partial charge in [-0.2, -0.15) is 5.10 Å². The highest BCUT2D eigenvalue weighted by atomic mass is 15.2. The smallest absolute Gasteiger partial charge is 0.121 e. The summed E-state index contributed by atoms with van der Waals surface area (Å²) in [5.74, 6) is 0.986. The third-order valence-corrected chi connectivity index (χ3v) is 1.31. The fraction of sp³-hybridized carbons (Fsp3) is 0.625. The van der Waals surface area contributed by atoms with Crippen molar-refractivity contribution in [2.75, 3.05) is 11.9 Å². The maximum Gasteiger partial charge on any atom is 0.121 e. The SMILES string of the molecule is CC(C)(C)CNc1ccn[nH]1. The van der Waals surface area contributed by atoms with Crippen molar-refractivity contribution in [2.45, 2.75) is 20.8 Å². The zero-order valence-electron chi connectivity index (χ0n) is 7.31. The Balaban J connectivity index is 2.35. The van der Waals surface area contributed by atoms with Crippen molar-refractivity contribution >= 4 is 5.82 Å². The lowest BCUT2D eigenvalue weighted by atomic mass is 9.97. The van der Waals surface area contributed by atoms with Crippen LogP contribution in [0.15, 0.2) is 12.3 Å². The van der Waals surface area contributed by atoms with Crippen molar-refractivity contribution in [1.29, 1.82) is 0 Å². The third kappa shape index (κ3) is 3.07. The molecule has 0 saturated heterocycles. The highest BCUT2D eigenvalue weighted by Crippen LogP contribution is 2.13. The number of aromatic amines is 1. The highest BCUT2D eigenvalue weighted by Gasteiger charge is 2.08. The average Bonchev–Trinajstić information content (AvgIpc) is 2.32. The summed E-state index contributed by atoms with van der Waals surface area (Å²) in [6.07, 6.45) is 1.74. The number of H-pyrrole nitrogens is 1. The van der Waals surface area contributed by atoms with Gasteiger partial charge in [0.05, 0.1) is 6.20 Å². The Morgan fingerprint density at radius 2 is 2.27 bits per heavy atom. The molecule has 1 aromatic heterocycles. The largest absolute Gasteiger partial charge is 0.370 e. The van der Waals surface area contributed by atoms with Gasteiger partial charge in [0.1, 0.15) is 5.82 Å². The molecular weight excluding hydrogens is 138 g/mol. The van der Waals surface area contributed by atoms with E-state index >= 15 is 0 Å². The van der Waals surface area contributed by atoms with Crippen LogP contribution in [0.5, 0.6) is 0 Å². The van der Waals surface area contributed by atoms with Gasteiger partial charge in [-0.15, -0.1) is 0 Å². The summed E-state index contributed by atoms with van der Waals surface area (Å²) in [6.45, 7) is 7.53. The van der Waals surface area contributed by atoms with E-state index in [0.717, 1.165) is 12.4 Å². The van der Waals surface area contributed by atoms with Crippen molar-refractivity contribution in [2.24, 2.45) is 5.41 Å². The minimum absolute atomic E-state index is 0.311. The number of hydrogen-bond acceptors (Lipinski definition) is 2. The van der Waals surface area contributed by atoms with E-state index < -0.39 is 0 Å². The summed E-state index contributed by atoms with van der Waals surface area (Å²) >= 11 is 0. The van der Waals surface area contributed by atoms with E-state index in [2.05, 4.69) is 36.3 Å². The zero-order valence-corrected chi connectivity index (χ0v) is 7.31. The van der Waals surface area contributed by atoms with Gasteiger partial charge in [0.25, 0.3) is 0 Å². The molecule has 0 unspecified atom stereocenters. The van der Waals surface area contributed by atoms with Gasteiger partial charge >= 0.3 is 0 Å². The summed E-state index contributed by atoms with van der Waals surface area (Å²) in [5.41, 5.74) is 0.311. The van der Waals surface area contributed by atoms with E-state index in [0.29, 0.717) is 5.41 Å². The number of hydrogen-bond donors (Lipinski definition) is 2. The summed E-state index contributed by atoms with van der Waals surface area (Å²) in [6, 6.07) is 1.92. The van der Waals surface area contributed by atoms with E-state index in [1.54, 1.807) is 6.20 Å². The first kappa shape index (κ1) is 8.11. The molecular formula is C8H15N3. The maximum absolute atomic E-state index is 3.84. The Hall–Kier alpha value is -0.990. The third-order valence-electron chi connectivity index (χ3n) is 1.31. The number of nitrogens with zero attached hydrogens (tertiary/aromatic N) is 1. The van der Waals surface area contributed by atoms with Crippen LogP contribution in [-0.2, 0) is 0 Å². The van der Waals surface area contributed by atoms with Gasteiger partial charge in [0.15, 0.2) is 0 Å². The second kappa shape index (κ2) is 2.95. The summed E-state index contributed by atoms with van der Waals surface area (Å²) in [7, 11) is 0. The summed E-state index contributed by atoms with van der Waals surface area (Å²) < 4.78 is 0. The minimum Gasteiger partial charge on any atom is -0.370 e. The number of anilines is 1. The molecule has 0 amide bonds. The van der Waals surface area contributed by atoms with Crippen LogP contribution in [0.3, 0.4) is 0 Å². The fourth-order valence-corrected chi connectivity index (χ4v) is 0.715. The van der Waals surface area contributed by atoms with Gasteiger partial charge in [-0.05, 0) is 11.5 Å². The number of nitrogens with one attached hydrogen (secondary N) is 2. The molecule has 1 heterocycles. The molecule has 2 N–H and O–H groups in total. The molecule has 3 nitrogen and oxygen atoms in total. The van der Waals surface area contributed by atoms with Crippen LogP contribution in [0.25, 0.3) is 0 Å². The topological polar surface area (TPSA) is 40.7 Å². The Labute approximate surface area is 67.2 Å². The van der Waals surface area contributed by atoms with E-state index in [9.17, 15) is 0 Å². The van der Waals surface area contributed by atoms with Gasteiger partial charge in [0.2, 0.25) is 0 Å². The van der Waals surface area contributed by atoms with Crippen molar-refractivity contribution in [1.82, 2.24) is 10.2 Å². The van der Waals surface area contributed by atoms with E-state index in [4.69, 9.17) is 0 Å². The van der Waals surface area contributed by atoms with Gasteiger partial charge in [-0.3, -0.25) is 5.10 Å². The van der Waals surface area contributed by atoms with Gasteiger partial charge in [0, 0.05) is 6.54 Å². The van der Waals surface area contributed by atoms with Crippen LogP contribution in [0, 0.1) is 5.41 Å². The Morgan fingerprint density at radius 3 is 2.73 bits per heavy atom. The van der Waals surface area contributed by atoms with Gasteiger partial charge < -0.3 is 5.32 Å². The van der Waals surface area contributed by atoms with Crippen molar-refractivity contribution in [3.8, 4) is 0 Å². The van der Waals surface area contributed by atoms with Crippen LogP contribution in [-0.4, -0.2) is 16.7 Å². The van der Waals surface area contributed by atoms with E-state index in [1.165, 1.54) is 0 Å². The molecule has 0 spiro atoms. The molecule has 0 atom stereocenters. The van der Waals surface area contributed by atoms with Gasteiger partial charge in [-0.25, -0.2) is 0 Å². The van der Waals surface area contributed by atoms with Crippen molar-refractivity contribution in [3.05, 3.63) is 12.3 Å². The molecule has 1 aromatic rings. The van der Waals surface area contributed by atoms with E-state index in [-0.39, 0.29) is 0 Å². The molecule has 0 saturated carbocycles. The number of aromatic nitrogens is 2. The first-order valence-electron chi connectivity index (χ1n) is 3.81.